The minimum Gasteiger partial charge on any atom is -0.492 e. The van der Waals surface area contributed by atoms with E-state index in [-0.39, 0.29) is 23.7 Å². The highest BCUT2D eigenvalue weighted by atomic mass is 35.5. The highest BCUT2D eigenvalue weighted by Crippen LogP contribution is 2.23. The standard InChI is InChI=1S/C17H15ClN2O6/c18-12-6-7-15(20(23)24)14(10-12)17(22)26-11-16(21)19-8-9-25-13-4-2-1-3-5-13/h1-7,10H,8-9,11H2,(H,19,21). The van der Waals surface area contributed by atoms with Crippen LogP contribution in [0, 0.1) is 10.1 Å². The lowest BCUT2D eigenvalue weighted by atomic mass is 10.2. The summed E-state index contributed by atoms with van der Waals surface area (Å²) in [5.41, 5.74) is -0.765. The number of carbonyl (C=O) groups excluding carboxylic acids is 2. The Hall–Kier alpha value is -3.13. The molecule has 0 aliphatic rings. The molecule has 2 aromatic carbocycles. The zero-order chi connectivity index (χ0) is 18.9. The van der Waals surface area contributed by atoms with Crippen LogP contribution >= 0.6 is 11.6 Å². The molecule has 1 N–H and O–H groups in total. The Bertz CT molecular complexity index is 797. The van der Waals surface area contributed by atoms with Gasteiger partial charge >= 0.3 is 5.97 Å². The number of halogens is 1. The molecule has 0 aromatic heterocycles. The topological polar surface area (TPSA) is 108 Å². The van der Waals surface area contributed by atoms with Crippen molar-refractivity contribution in [2.45, 2.75) is 0 Å². The summed E-state index contributed by atoms with van der Waals surface area (Å²) in [4.78, 5) is 33.8. The predicted octanol–water partition coefficient (Wildman–Crippen LogP) is 2.60. The molecule has 0 heterocycles. The predicted molar refractivity (Wildman–Crippen MR) is 93.3 cm³/mol. The number of amides is 1. The zero-order valence-electron chi connectivity index (χ0n) is 13.5. The molecule has 0 saturated heterocycles. The van der Waals surface area contributed by atoms with Gasteiger partial charge in [0.25, 0.3) is 11.6 Å². The van der Waals surface area contributed by atoms with Crippen LogP contribution in [0.1, 0.15) is 10.4 Å². The maximum atomic E-state index is 12.0. The molecule has 0 fully saturated rings. The van der Waals surface area contributed by atoms with E-state index >= 15 is 0 Å². The Morgan fingerprint density at radius 2 is 1.88 bits per heavy atom. The number of ether oxygens (including phenoxy) is 2. The van der Waals surface area contributed by atoms with Crippen molar-refractivity contribution in [2.24, 2.45) is 0 Å². The number of carbonyl (C=O) groups is 2. The second-order valence-corrected chi connectivity index (χ2v) is 5.44. The van der Waals surface area contributed by atoms with Crippen LogP contribution in [-0.4, -0.2) is 36.6 Å². The molecule has 0 aliphatic carbocycles. The van der Waals surface area contributed by atoms with Crippen molar-refractivity contribution in [1.82, 2.24) is 5.32 Å². The SMILES string of the molecule is O=C(COC(=O)c1cc(Cl)ccc1[N+](=O)[O-])NCCOc1ccccc1. The summed E-state index contributed by atoms with van der Waals surface area (Å²) in [5, 5.41) is 13.6. The molecule has 0 atom stereocenters. The van der Waals surface area contributed by atoms with Gasteiger partial charge in [-0.3, -0.25) is 14.9 Å². The van der Waals surface area contributed by atoms with E-state index in [0.29, 0.717) is 5.75 Å². The first-order valence-electron chi connectivity index (χ1n) is 7.53. The second-order valence-electron chi connectivity index (χ2n) is 5.01. The molecule has 26 heavy (non-hydrogen) atoms. The Morgan fingerprint density at radius 3 is 2.58 bits per heavy atom. The zero-order valence-corrected chi connectivity index (χ0v) is 14.3. The fourth-order valence-electron chi connectivity index (χ4n) is 1.97. The third-order valence-electron chi connectivity index (χ3n) is 3.15. The Balaban J connectivity index is 1.77. The normalized spacial score (nSPS) is 10.0. The fraction of sp³-hybridized carbons (Fsp3) is 0.176. The number of hydrogen-bond acceptors (Lipinski definition) is 6. The smallest absolute Gasteiger partial charge is 0.345 e. The summed E-state index contributed by atoms with van der Waals surface area (Å²) in [5.74, 6) is -0.893. The molecule has 0 aliphatic heterocycles. The van der Waals surface area contributed by atoms with Gasteiger partial charge < -0.3 is 14.8 Å². The molecule has 0 unspecified atom stereocenters. The molecule has 0 radical (unpaired) electrons. The first-order valence-corrected chi connectivity index (χ1v) is 7.91. The number of nitro groups is 1. The van der Waals surface area contributed by atoms with Crippen LogP contribution in [0.2, 0.25) is 5.02 Å². The third-order valence-corrected chi connectivity index (χ3v) is 3.38. The number of nitrogens with zero attached hydrogens (tertiary/aromatic N) is 1. The van der Waals surface area contributed by atoms with Gasteiger partial charge in [-0.25, -0.2) is 4.79 Å². The van der Waals surface area contributed by atoms with Crippen LogP contribution < -0.4 is 10.1 Å². The maximum absolute atomic E-state index is 12.0. The molecule has 1 amide bonds. The van der Waals surface area contributed by atoms with E-state index in [9.17, 15) is 19.7 Å². The Kier molecular flexibility index (Phi) is 6.92. The summed E-state index contributed by atoms with van der Waals surface area (Å²) in [7, 11) is 0. The third kappa shape index (κ3) is 5.75. The van der Waals surface area contributed by atoms with E-state index in [1.165, 1.54) is 6.07 Å². The highest BCUT2D eigenvalue weighted by molar-refractivity contribution is 6.31. The molecular formula is C17H15ClN2O6. The van der Waals surface area contributed by atoms with Crippen LogP contribution in [-0.2, 0) is 9.53 Å². The van der Waals surface area contributed by atoms with E-state index in [1.807, 2.05) is 18.2 Å². The first kappa shape index (κ1) is 19.2. The molecule has 9 heteroatoms. The lowest BCUT2D eigenvalue weighted by molar-refractivity contribution is -0.385. The number of nitro benzene ring substituents is 1. The van der Waals surface area contributed by atoms with Crippen molar-refractivity contribution in [3.05, 3.63) is 69.2 Å². The number of nitrogens with one attached hydrogen (secondary N) is 1. The fourth-order valence-corrected chi connectivity index (χ4v) is 2.14. The first-order chi connectivity index (χ1) is 12.5. The van der Waals surface area contributed by atoms with Crippen molar-refractivity contribution in [3.8, 4) is 5.75 Å². The molecular weight excluding hydrogens is 364 g/mol. The molecule has 0 saturated carbocycles. The van der Waals surface area contributed by atoms with E-state index in [1.54, 1.807) is 12.1 Å². The van der Waals surface area contributed by atoms with Crippen molar-refractivity contribution in [3.63, 3.8) is 0 Å². The monoisotopic (exact) mass is 378 g/mol. The van der Waals surface area contributed by atoms with Gasteiger partial charge in [0.2, 0.25) is 0 Å². The minimum atomic E-state index is -1.00. The van der Waals surface area contributed by atoms with Crippen LogP contribution in [0.5, 0.6) is 5.75 Å². The van der Waals surface area contributed by atoms with Crippen molar-refractivity contribution in [2.75, 3.05) is 19.8 Å². The summed E-state index contributed by atoms with van der Waals surface area (Å²) in [6.07, 6.45) is 0. The van der Waals surface area contributed by atoms with Crippen molar-refractivity contribution < 1.29 is 24.0 Å². The number of para-hydroxylation sites is 1. The average molecular weight is 379 g/mol. The molecule has 136 valence electrons. The van der Waals surface area contributed by atoms with Gasteiger partial charge in [0, 0.05) is 11.1 Å². The minimum absolute atomic E-state index is 0.144. The summed E-state index contributed by atoms with van der Waals surface area (Å²) >= 11 is 5.74. The van der Waals surface area contributed by atoms with Gasteiger partial charge in [-0.15, -0.1) is 0 Å². The van der Waals surface area contributed by atoms with Crippen LogP contribution in [0.3, 0.4) is 0 Å². The van der Waals surface area contributed by atoms with Crippen molar-refractivity contribution >= 4 is 29.2 Å². The van der Waals surface area contributed by atoms with Gasteiger partial charge in [-0.05, 0) is 24.3 Å². The molecule has 8 nitrogen and oxygen atoms in total. The number of hydrogen-bond donors (Lipinski definition) is 1. The molecule has 2 aromatic rings. The van der Waals surface area contributed by atoms with Crippen LogP contribution in [0.4, 0.5) is 5.69 Å². The Labute approximate surface area is 153 Å². The van der Waals surface area contributed by atoms with E-state index in [2.05, 4.69) is 5.32 Å². The lowest BCUT2D eigenvalue weighted by Crippen LogP contribution is -2.32. The largest absolute Gasteiger partial charge is 0.492 e. The van der Waals surface area contributed by atoms with Crippen molar-refractivity contribution in [1.29, 1.82) is 0 Å². The van der Waals surface area contributed by atoms with Crippen LogP contribution in [0.25, 0.3) is 0 Å². The number of rotatable bonds is 8. The Morgan fingerprint density at radius 1 is 1.15 bits per heavy atom. The number of esters is 1. The lowest BCUT2D eigenvalue weighted by Gasteiger charge is -2.08. The van der Waals surface area contributed by atoms with E-state index in [0.717, 1.165) is 12.1 Å². The maximum Gasteiger partial charge on any atom is 0.345 e. The summed E-state index contributed by atoms with van der Waals surface area (Å²) in [6, 6.07) is 12.6. The second kappa shape index (κ2) is 9.38. The van der Waals surface area contributed by atoms with E-state index < -0.39 is 29.1 Å². The summed E-state index contributed by atoms with van der Waals surface area (Å²) in [6.45, 7) is -0.125. The highest BCUT2D eigenvalue weighted by Gasteiger charge is 2.22. The van der Waals surface area contributed by atoms with Gasteiger partial charge in [0.05, 0.1) is 11.5 Å². The molecule has 0 spiro atoms. The molecule has 0 bridgehead atoms. The average Bonchev–Trinajstić information content (AvgIpc) is 2.63. The van der Waals surface area contributed by atoms with Gasteiger partial charge in [0.15, 0.2) is 6.61 Å². The van der Waals surface area contributed by atoms with Gasteiger partial charge in [0.1, 0.15) is 17.9 Å². The summed E-state index contributed by atoms with van der Waals surface area (Å²) < 4.78 is 10.2. The van der Waals surface area contributed by atoms with Crippen LogP contribution in [0.15, 0.2) is 48.5 Å². The van der Waals surface area contributed by atoms with Gasteiger partial charge in [-0.2, -0.15) is 0 Å². The van der Waals surface area contributed by atoms with Gasteiger partial charge in [-0.1, -0.05) is 29.8 Å². The quantitative estimate of drug-likeness (QED) is 0.327. The molecule has 2 rings (SSSR count). The van der Waals surface area contributed by atoms with E-state index in [4.69, 9.17) is 21.1 Å². The number of benzene rings is 2.